The number of aryl methyl sites for hydroxylation is 1. The standard InChI is InChI=1S/C11H17NOS/c1-8-6-10(4-5-11(8)12)14-9(2)7-13-3/h4-6,9H,7,12H2,1-3H3. The highest BCUT2D eigenvalue weighted by Crippen LogP contribution is 2.26. The maximum Gasteiger partial charge on any atom is 0.0582 e. The summed E-state index contributed by atoms with van der Waals surface area (Å²) in [4.78, 5) is 1.25. The summed E-state index contributed by atoms with van der Waals surface area (Å²) in [7, 11) is 1.73. The average molecular weight is 211 g/mol. The van der Waals surface area contributed by atoms with Gasteiger partial charge in [-0.1, -0.05) is 6.92 Å². The maximum atomic E-state index is 5.74. The molecule has 14 heavy (non-hydrogen) atoms. The summed E-state index contributed by atoms with van der Waals surface area (Å²) < 4.78 is 5.08. The van der Waals surface area contributed by atoms with Crippen LogP contribution in [0.2, 0.25) is 0 Å². The molecule has 0 spiro atoms. The molecule has 0 aliphatic heterocycles. The molecule has 1 aromatic carbocycles. The number of thioether (sulfide) groups is 1. The van der Waals surface area contributed by atoms with Gasteiger partial charge in [0.2, 0.25) is 0 Å². The first kappa shape index (κ1) is 11.4. The SMILES string of the molecule is COCC(C)Sc1ccc(N)c(C)c1. The molecule has 1 aromatic rings. The summed E-state index contributed by atoms with van der Waals surface area (Å²) in [5.41, 5.74) is 7.74. The monoisotopic (exact) mass is 211 g/mol. The van der Waals surface area contributed by atoms with Crippen LogP contribution in [-0.4, -0.2) is 19.0 Å². The zero-order chi connectivity index (χ0) is 10.6. The smallest absolute Gasteiger partial charge is 0.0582 e. The molecule has 0 saturated heterocycles. The molecule has 3 heteroatoms. The van der Waals surface area contributed by atoms with E-state index in [9.17, 15) is 0 Å². The Balaban J connectivity index is 2.63. The van der Waals surface area contributed by atoms with Gasteiger partial charge in [0.05, 0.1) is 6.61 Å². The van der Waals surface area contributed by atoms with Crippen LogP contribution in [0.4, 0.5) is 5.69 Å². The van der Waals surface area contributed by atoms with Gasteiger partial charge in [-0.05, 0) is 30.7 Å². The molecule has 0 saturated carbocycles. The topological polar surface area (TPSA) is 35.2 Å². The quantitative estimate of drug-likeness (QED) is 0.614. The summed E-state index contributed by atoms with van der Waals surface area (Å²) in [5, 5.41) is 0.475. The van der Waals surface area contributed by atoms with Crippen molar-refractivity contribution in [3.8, 4) is 0 Å². The van der Waals surface area contributed by atoms with Crippen LogP contribution in [0.25, 0.3) is 0 Å². The number of nitrogens with two attached hydrogens (primary N) is 1. The highest BCUT2D eigenvalue weighted by Gasteiger charge is 2.04. The Labute approximate surface area is 89.8 Å². The third-order valence-corrected chi connectivity index (χ3v) is 3.04. The Hall–Kier alpha value is -0.670. The van der Waals surface area contributed by atoms with E-state index in [1.807, 2.05) is 24.8 Å². The van der Waals surface area contributed by atoms with Crippen molar-refractivity contribution < 1.29 is 4.74 Å². The van der Waals surface area contributed by atoms with Crippen molar-refractivity contribution in [1.82, 2.24) is 0 Å². The Morgan fingerprint density at radius 3 is 2.79 bits per heavy atom. The molecule has 0 amide bonds. The number of hydrogen-bond donors (Lipinski definition) is 1. The maximum absolute atomic E-state index is 5.74. The first-order valence-corrected chi connectivity index (χ1v) is 5.53. The largest absolute Gasteiger partial charge is 0.399 e. The normalized spacial score (nSPS) is 12.8. The van der Waals surface area contributed by atoms with Gasteiger partial charge >= 0.3 is 0 Å². The summed E-state index contributed by atoms with van der Waals surface area (Å²) in [6.45, 7) is 4.95. The van der Waals surface area contributed by atoms with E-state index in [1.54, 1.807) is 7.11 Å². The Bertz CT molecular complexity index is 301. The zero-order valence-corrected chi connectivity index (χ0v) is 9.73. The van der Waals surface area contributed by atoms with Crippen LogP contribution in [0, 0.1) is 6.92 Å². The minimum Gasteiger partial charge on any atom is -0.399 e. The van der Waals surface area contributed by atoms with Crippen LogP contribution < -0.4 is 5.73 Å². The van der Waals surface area contributed by atoms with Crippen molar-refractivity contribution in [2.45, 2.75) is 24.0 Å². The molecular formula is C11H17NOS. The van der Waals surface area contributed by atoms with E-state index in [0.717, 1.165) is 17.9 Å². The summed E-state index contributed by atoms with van der Waals surface area (Å²) in [6, 6.07) is 6.13. The number of rotatable bonds is 4. The third-order valence-electron chi connectivity index (χ3n) is 1.98. The Morgan fingerprint density at radius 1 is 1.50 bits per heavy atom. The highest BCUT2D eigenvalue weighted by molar-refractivity contribution is 8.00. The van der Waals surface area contributed by atoms with E-state index >= 15 is 0 Å². The molecule has 0 aliphatic rings. The van der Waals surface area contributed by atoms with E-state index in [4.69, 9.17) is 10.5 Å². The van der Waals surface area contributed by atoms with Crippen LogP contribution in [0.5, 0.6) is 0 Å². The van der Waals surface area contributed by atoms with Gasteiger partial charge in [0.1, 0.15) is 0 Å². The second-order valence-electron chi connectivity index (χ2n) is 3.40. The van der Waals surface area contributed by atoms with E-state index in [2.05, 4.69) is 19.1 Å². The zero-order valence-electron chi connectivity index (χ0n) is 8.91. The van der Waals surface area contributed by atoms with E-state index in [1.165, 1.54) is 4.90 Å². The number of nitrogen functional groups attached to an aromatic ring is 1. The molecule has 0 aromatic heterocycles. The van der Waals surface area contributed by atoms with Crippen LogP contribution in [0.15, 0.2) is 23.1 Å². The van der Waals surface area contributed by atoms with Crippen molar-refractivity contribution in [3.63, 3.8) is 0 Å². The van der Waals surface area contributed by atoms with Gasteiger partial charge in [0, 0.05) is 22.9 Å². The van der Waals surface area contributed by atoms with Gasteiger partial charge in [0.25, 0.3) is 0 Å². The molecule has 0 heterocycles. The summed E-state index contributed by atoms with van der Waals surface area (Å²) >= 11 is 1.81. The van der Waals surface area contributed by atoms with Gasteiger partial charge in [-0.3, -0.25) is 0 Å². The molecule has 0 bridgehead atoms. The second kappa shape index (κ2) is 5.27. The summed E-state index contributed by atoms with van der Waals surface area (Å²) in [5.74, 6) is 0. The predicted molar refractivity (Wildman–Crippen MR) is 62.8 cm³/mol. The van der Waals surface area contributed by atoms with Crippen LogP contribution in [-0.2, 0) is 4.74 Å². The van der Waals surface area contributed by atoms with Crippen molar-refractivity contribution in [1.29, 1.82) is 0 Å². The lowest BCUT2D eigenvalue weighted by Gasteiger charge is -2.10. The molecule has 2 nitrogen and oxygen atoms in total. The molecule has 0 aliphatic carbocycles. The molecule has 1 unspecified atom stereocenters. The minimum atomic E-state index is 0.475. The molecular weight excluding hydrogens is 194 g/mol. The predicted octanol–water partition coefficient (Wildman–Crippen LogP) is 2.70. The van der Waals surface area contributed by atoms with Crippen LogP contribution in [0.1, 0.15) is 12.5 Å². The lowest BCUT2D eigenvalue weighted by Crippen LogP contribution is -2.04. The van der Waals surface area contributed by atoms with Crippen molar-refractivity contribution in [3.05, 3.63) is 23.8 Å². The minimum absolute atomic E-state index is 0.475. The Kier molecular flexibility index (Phi) is 4.29. The van der Waals surface area contributed by atoms with Gasteiger partial charge in [-0.25, -0.2) is 0 Å². The molecule has 2 N–H and O–H groups in total. The molecule has 78 valence electrons. The highest BCUT2D eigenvalue weighted by atomic mass is 32.2. The number of benzene rings is 1. The Morgan fingerprint density at radius 2 is 2.21 bits per heavy atom. The number of ether oxygens (including phenoxy) is 1. The first-order chi connectivity index (χ1) is 6.63. The van der Waals surface area contributed by atoms with Crippen molar-refractivity contribution in [2.24, 2.45) is 0 Å². The fourth-order valence-electron chi connectivity index (χ4n) is 1.22. The van der Waals surface area contributed by atoms with Crippen molar-refractivity contribution in [2.75, 3.05) is 19.5 Å². The van der Waals surface area contributed by atoms with Gasteiger partial charge in [-0.2, -0.15) is 0 Å². The average Bonchev–Trinajstić information content (AvgIpc) is 2.12. The molecule has 0 radical (unpaired) electrons. The van der Waals surface area contributed by atoms with E-state index in [-0.39, 0.29) is 0 Å². The number of methoxy groups -OCH3 is 1. The van der Waals surface area contributed by atoms with Gasteiger partial charge in [-0.15, -0.1) is 11.8 Å². The van der Waals surface area contributed by atoms with Crippen LogP contribution >= 0.6 is 11.8 Å². The lowest BCUT2D eigenvalue weighted by atomic mass is 10.2. The third kappa shape index (κ3) is 3.24. The lowest BCUT2D eigenvalue weighted by molar-refractivity contribution is 0.203. The second-order valence-corrected chi connectivity index (χ2v) is 4.91. The molecule has 0 fully saturated rings. The fourth-order valence-corrected chi connectivity index (χ4v) is 2.28. The van der Waals surface area contributed by atoms with Crippen LogP contribution in [0.3, 0.4) is 0 Å². The van der Waals surface area contributed by atoms with E-state index in [0.29, 0.717) is 5.25 Å². The fraction of sp³-hybridized carbons (Fsp3) is 0.455. The van der Waals surface area contributed by atoms with Gasteiger partial charge < -0.3 is 10.5 Å². The molecule has 1 atom stereocenters. The molecule has 1 rings (SSSR count). The first-order valence-electron chi connectivity index (χ1n) is 4.65. The number of hydrogen-bond acceptors (Lipinski definition) is 3. The van der Waals surface area contributed by atoms with Gasteiger partial charge in [0.15, 0.2) is 0 Å². The van der Waals surface area contributed by atoms with Crippen molar-refractivity contribution >= 4 is 17.4 Å². The number of anilines is 1. The van der Waals surface area contributed by atoms with E-state index < -0.39 is 0 Å². The summed E-state index contributed by atoms with van der Waals surface area (Å²) in [6.07, 6.45) is 0.